The molecular formula is C39H65NO3. The number of ether oxygens (including phenoxy) is 2. The lowest BCUT2D eigenvalue weighted by atomic mass is 9.35. The summed E-state index contributed by atoms with van der Waals surface area (Å²) in [6.45, 7) is 27.4. The van der Waals surface area contributed by atoms with Crippen LogP contribution in [0.25, 0.3) is 0 Å². The van der Waals surface area contributed by atoms with Gasteiger partial charge in [-0.15, -0.1) is 0 Å². The van der Waals surface area contributed by atoms with Crippen LogP contribution in [0.2, 0.25) is 0 Å². The second-order valence-corrected chi connectivity index (χ2v) is 17.5. The summed E-state index contributed by atoms with van der Waals surface area (Å²) in [5.74, 6) is 2.92. The molecule has 6 unspecified atom stereocenters. The van der Waals surface area contributed by atoms with Crippen LogP contribution in [0.1, 0.15) is 121 Å². The third-order valence-electron chi connectivity index (χ3n) is 15.5. The number of fused-ring (bicyclic) bond motifs is 5. The van der Waals surface area contributed by atoms with Crippen molar-refractivity contribution in [3.63, 3.8) is 0 Å². The van der Waals surface area contributed by atoms with E-state index in [4.69, 9.17) is 9.47 Å². The van der Waals surface area contributed by atoms with Gasteiger partial charge >= 0.3 is 0 Å². The molecule has 5 rings (SSSR count). The maximum absolute atomic E-state index is 14.7. The van der Waals surface area contributed by atoms with Gasteiger partial charge in [0.2, 0.25) is 0 Å². The maximum Gasteiger partial charge on any atom is 0.166 e. The first-order valence-corrected chi connectivity index (χ1v) is 17.9. The molecule has 5 aliphatic rings. The number of likely N-dealkylation sites (N-methyl/N-ethyl adjacent to an activating group) is 1. The first kappa shape index (κ1) is 33.4. The summed E-state index contributed by atoms with van der Waals surface area (Å²) in [6.07, 6.45) is 15.0. The Kier molecular flexibility index (Phi) is 8.61. The molecule has 43 heavy (non-hydrogen) atoms. The van der Waals surface area contributed by atoms with Crippen molar-refractivity contribution in [3.05, 3.63) is 23.8 Å². The second-order valence-electron chi connectivity index (χ2n) is 17.5. The predicted octanol–water partition coefficient (Wildman–Crippen LogP) is 8.80. The number of carbonyl (C=O) groups is 1. The molecule has 0 aromatic carbocycles. The summed E-state index contributed by atoms with van der Waals surface area (Å²) in [4.78, 5) is 14.7. The monoisotopic (exact) mass is 595 g/mol. The molecule has 4 aliphatic carbocycles. The van der Waals surface area contributed by atoms with E-state index in [2.05, 4.69) is 107 Å². The summed E-state index contributed by atoms with van der Waals surface area (Å²) in [5, 5.41) is 3.54. The van der Waals surface area contributed by atoms with Gasteiger partial charge in [0.25, 0.3) is 0 Å². The Morgan fingerprint density at radius 2 is 1.81 bits per heavy atom. The number of hydrogen-bond donors (Lipinski definition) is 1. The van der Waals surface area contributed by atoms with Crippen molar-refractivity contribution in [1.29, 1.82) is 0 Å². The van der Waals surface area contributed by atoms with Crippen molar-refractivity contribution in [2.75, 3.05) is 20.3 Å². The minimum absolute atomic E-state index is 0.0423. The maximum atomic E-state index is 14.7. The minimum atomic E-state index is -0.365. The fourth-order valence-corrected chi connectivity index (χ4v) is 11.3. The first-order chi connectivity index (χ1) is 20.0. The molecule has 0 radical (unpaired) electrons. The quantitative estimate of drug-likeness (QED) is 0.271. The van der Waals surface area contributed by atoms with Crippen LogP contribution in [0.3, 0.4) is 0 Å². The van der Waals surface area contributed by atoms with E-state index in [1.165, 1.54) is 18.4 Å². The molecule has 3 fully saturated rings. The Morgan fingerprint density at radius 1 is 1.12 bits per heavy atom. The molecule has 2 bridgehead atoms. The van der Waals surface area contributed by atoms with Crippen molar-refractivity contribution in [1.82, 2.24) is 5.32 Å². The Morgan fingerprint density at radius 3 is 2.42 bits per heavy atom. The molecule has 11 atom stereocenters. The van der Waals surface area contributed by atoms with Crippen LogP contribution in [-0.4, -0.2) is 43.8 Å². The smallest absolute Gasteiger partial charge is 0.166 e. The average Bonchev–Trinajstić information content (AvgIpc) is 2.97. The highest BCUT2D eigenvalue weighted by Gasteiger charge is 2.69. The third-order valence-corrected chi connectivity index (χ3v) is 15.5. The van der Waals surface area contributed by atoms with E-state index < -0.39 is 0 Å². The zero-order valence-electron chi connectivity index (χ0n) is 29.9. The SMILES string of the molecule is CCC(OC[C@](C)(NC)C(C)C)[C@@]1(C)COC(C)C2(C)C3=CC(=O)[C@]45C=CC[C@]([C@H](C)C(C)C)(CCC4(C)C3CCC21)C5. The molecule has 1 N–H and O–H groups in total. The lowest BCUT2D eigenvalue weighted by molar-refractivity contribution is -0.225. The molecule has 1 saturated heterocycles. The summed E-state index contributed by atoms with van der Waals surface area (Å²) in [5.41, 5.74) is 0.857. The number of hydrogen-bond acceptors (Lipinski definition) is 4. The van der Waals surface area contributed by atoms with E-state index in [9.17, 15) is 4.79 Å². The number of carbonyl (C=O) groups excluding carboxylic acids is 1. The zero-order valence-corrected chi connectivity index (χ0v) is 29.9. The highest BCUT2D eigenvalue weighted by Crippen LogP contribution is 2.73. The molecule has 2 saturated carbocycles. The van der Waals surface area contributed by atoms with Crippen molar-refractivity contribution < 1.29 is 14.3 Å². The van der Waals surface area contributed by atoms with Gasteiger partial charge in [-0.25, -0.2) is 0 Å². The van der Waals surface area contributed by atoms with Gasteiger partial charge < -0.3 is 14.8 Å². The molecule has 1 heterocycles. The van der Waals surface area contributed by atoms with E-state index in [0.717, 1.165) is 38.7 Å². The Hall–Kier alpha value is -0.970. The van der Waals surface area contributed by atoms with Crippen LogP contribution >= 0.6 is 0 Å². The van der Waals surface area contributed by atoms with Gasteiger partial charge in [-0.3, -0.25) is 4.79 Å². The second kappa shape index (κ2) is 11.1. The Labute approximate surface area is 264 Å². The van der Waals surface area contributed by atoms with Gasteiger partial charge in [-0.05, 0) is 112 Å². The van der Waals surface area contributed by atoms with Crippen molar-refractivity contribution in [2.45, 2.75) is 139 Å². The average molecular weight is 596 g/mol. The lowest BCUT2D eigenvalue weighted by Crippen LogP contribution is -2.66. The summed E-state index contributed by atoms with van der Waals surface area (Å²) >= 11 is 0. The molecule has 1 spiro atoms. The van der Waals surface area contributed by atoms with E-state index in [0.29, 0.717) is 42.0 Å². The summed E-state index contributed by atoms with van der Waals surface area (Å²) < 4.78 is 13.7. The van der Waals surface area contributed by atoms with Gasteiger partial charge in [0, 0.05) is 16.4 Å². The van der Waals surface area contributed by atoms with Gasteiger partial charge in [-0.1, -0.05) is 80.0 Å². The summed E-state index contributed by atoms with van der Waals surface area (Å²) in [6, 6.07) is 0. The number of nitrogens with one attached hydrogen (secondary N) is 1. The van der Waals surface area contributed by atoms with E-state index in [1.807, 2.05) is 0 Å². The van der Waals surface area contributed by atoms with E-state index >= 15 is 0 Å². The fourth-order valence-electron chi connectivity index (χ4n) is 11.3. The molecule has 244 valence electrons. The van der Waals surface area contributed by atoms with Crippen LogP contribution < -0.4 is 5.32 Å². The molecule has 4 heteroatoms. The minimum Gasteiger partial charge on any atom is -0.377 e. The molecule has 4 nitrogen and oxygen atoms in total. The number of rotatable bonds is 9. The van der Waals surface area contributed by atoms with Gasteiger partial charge in [0.05, 0.1) is 30.8 Å². The normalized spacial score (nSPS) is 45.1. The fraction of sp³-hybridized carbons (Fsp3) is 0.872. The highest BCUT2D eigenvalue weighted by molar-refractivity contribution is 5.99. The van der Waals surface area contributed by atoms with Gasteiger partial charge in [0.15, 0.2) is 5.78 Å². The first-order valence-electron chi connectivity index (χ1n) is 17.9. The van der Waals surface area contributed by atoms with Crippen molar-refractivity contribution in [3.8, 4) is 0 Å². The van der Waals surface area contributed by atoms with Crippen LogP contribution in [0.15, 0.2) is 23.8 Å². The molecule has 1 aliphatic heterocycles. The predicted molar refractivity (Wildman–Crippen MR) is 178 cm³/mol. The van der Waals surface area contributed by atoms with Crippen LogP contribution in [-0.2, 0) is 14.3 Å². The van der Waals surface area contributed by atoms with E-state index in [1.54, 1.807) is 0 Å². The van der Waals surface area contributed by atoms with Gasteiger partial charge in [-0.2, -0.15) is 0 Å². The van der Waals surface area contributed by atoms with Crippen molar-refractivity contribution in [2.24, 2.45) is 56.7 Å². The zero-order chi connectivity index (χ0) is 31.8. The molecule has 0 amide bonds. The Bertz CT molecular complexity index is 1140. The largest absolute Gasteiger partial charge is 0.377 e. The molecular weight excluding hydrogens is 530 g/mol. The molecule has 0 aromatic rings. The Balaban J connectivity index is 1.53. The third kappa shape index (κ3) is 4.56. The topological polar surface area (TPSA) is 47.6 Å². The van der Waals surface area contributed by atoms with Crippen LogP contribution in [0.5, 0.6) is 0 Å². The van der Waals surface area contributed by atoms with Gasteiger partial charge in [0.1, 0.15) is 0 Å². The lowest BCUT2D eigenvalue weighted by Gasteiger charge is -2.69. The van der Waals surface area contributed by atoms with Crippen LogP contribution in [0.4, 0.5) is 0 Å². The van der Waals surface area contributed by atoms with Crippen LogP contribution in [0, 0.1) is 56.7 Å². The number of ketones is 1. The number of allylic oxidation sites excluding steroid dienone is 3. The highest BCUT2D eigenvalue weighted by atomic mass is 16.5. The standard InChI is InChI=1S/C39H65NO3/c1-13-33(43-24-36(10,40-12)26(4)5)34(8)23-42-28(7)37(11)30-21-32(41)39-18-14-17-38(22-39,27(6)25(2)3)20-19-35(39,9)29(30)15-16-31(34)37/h14,18,21,25-29,31,33,40H,13,15-17,19-20,22-24H2,1-12H3/t27-,28?,29?,31?,33?,34+,35?,36+,37?,38+,39-/m1/s1. The summed E-state index contributed by atoms with van der Waals surface area (Å²) in [7, 11) is 2.05. The van der Waals surface area contributed by atoms with E-state index in [-0.39, 0.29) is 44.8 Å². The van der Waals surface area contributed by atoms with Crippen molar-refractivity contribution >= 4 is 5.78 Å². The molecule has 0 aromatic heterocycles.